The first-order valence-corrected chi connectivity index (χ1v) is 10.5. The van der Waals surface area contributed by atoms with Crippen molar-refractivity contribution in [3.05, 3.63) is 90.0 Å². The molecule has 3 aromatic rings. The van der Waals surface area contributed by atoms with E-state index in [4.69, 9.17) is 0 Å². The lowest BCUT2D eigenvalue weighted by atomic mass is 10.0. The van der Waals surface area contributed by atoms with E-state index in [9.17, 15) is 22.0 Å². The van der Waals surface area contributed by atoms with E-state index in [-0.39, 0.29) is 29.7 Å². The van der Waals surface area contributed by atoms with Crippen LogP contribution in [0.1, 0.15) is 10.4 Å². The van der Waals surface area contributed by atoms with Crippen molar-refractivity contribution < 1.29 is 22.0 Å². The first-order chi connectivity index (χ1) is 13.8. The standard InChI is InChI=1S/C22H17F2NO3S/c23-18-7-5-16(6-8-18)15-1-3-17(4-2-15)22(26)25-13-21(14-25)29(27,28)20-11-9-19(24)10-12-20/h1-12,21H,13-14H2. The predicted molar refractivity (Wildman–Crippen MR) is 105 cm³/mol. The number of amides is 1. The van der Waals surface area contributed by atoms with Crippen LogP contribution in [0.2, 0.25) is 0 Å². The second kappa shape index (κ2) is 7.40. The highest BCUT2D eigenvalue weighted by molar-refractivity contribution is 7.92. The molecule has 1 saturated heterocycles. The van der Waals surface area contributed by atoms with Crippen LogP contribution in [-0.4, -0.2) is 37.6 Å². The van der Waals surface area contributed by atoms with Crippen molar-refractivity contribution in [1.29, 1.82) is 0 Å². The maximum atomic E-state index is 13.0. The minimum Gasteiger partial charge on any atom is -0.336 e. The third-order valence-corrected chi connectivity index (χ3v) is 7.13. The van der Waals surface area contributed by atoms with E-state index in [2.05, 4.69) is 0 Å². The van der Waals surface area contributed by atoms with Gasteiger partial charge in [0.25, 0.3) is 5.91 Å². The summed E-state index contributed by atoms with van der Waals surface area (Å²) in [5, 5.41) is -0.699. The molecule has 1 aliphatic heterocycles. The summed E-state index contributed by atoms with van der Waals surface area (Å²) >= 11 is 0. The zero-order chi connectivity index (χ0) is 20.6. The van der Waals surface area contributed by atoms with Gasteiger partial charge in [0.15, 0.2) is 9.84 Å². The molecular formula is C22H17F2NO3S. The van der Waals surface area contributed by atoms with E-state index in [1.54, 1.807) is 36.4 Å². The molecule has 0 N–H and O–H groups in total. The minimum atomic E-state index is -3.61. The van der Waals surface area contributed by atoms with E-state index < -0.39 is 20.9 Å². The van der Waals surface area contributed by atoms with Crippen molar-refractivity contribution >= 4 is 15.7 Å². The molecule has 0 atom stereocenters. The molecule has 1 aliphatic rings. The highest BCUT2D eigenvalue weighted by Gasteiger charge is 2.40. The van der Waals surface area contributed by atoms with Gasteiger partial charge in [-0.25, -0.2) is 17.2 Å². The van der Waals surface area contributed by atoms with Crippen molar-refractivity contribution in [1.82, 2.24) is 4.90 Å². The maximum absolute atomic E-state index is 13.0. The molecule has 4 nitrogen and oxygen atoms in total. The van der Waals surface area contributed by atoms with Gasteiger partial charge < -0.3 is 4.90 Å². The third-order valence-electron chi connectivity index (χ3n) is 5.03. The Balaban J connectivity index is 1.42. The minimum absolute atomic E-state index is 0.0552. The number of rotatable bonds is 4. The Hall–Kier alpha value is -3.06. The first kappa shape index (κ1) is 19.3. The van der Waals surface area contributed by atoms with Gasteiger partial charge in [-0.1, -0.05) is 24.3 Å². The van der Waals surface area contributed by atoms with Gasteiger partial charge in [-0.2, -0.15) is 0 Å². The van der Waals surface area contributed by atoms with Crippen LogP contribution >= 0.6 is 0 Å². The fourth-order valence-corrected chi connectivity index (χ4v) is 4.90. The van der Waals surface area contributed by atoms with E-state index in [0.29, 0.717) is 5.56 Å². The van der Waals surface area contributed by atoms with Gasteiger partial charge in [0.05, 0.1) is 4.90 Å². The summed E-state index contributed by atoms with van der Waals surface area (Å²) < 4.78 is 51.2. The average molecular weight is 413 g/mol. The molecule has 1 heterocycles. The van der Waals surface area contributed by atoms with Crippen LogP contribution in [0.5, 0.6) is 0 Å². The summed E-state index contributed by atoms with van der Waals surface area (Å²) in [6.45, 7) is 0.191. The number of sulfone groups is 1. The molecule has 0 unspecified atom stereocenters. The summed E-state index contributed by atoms with van der Waals surface area (Å²) in [5.74, 6) is -1.07. The second-order valence-corrected chi connectivity index (χ2v) is 9.14. The summed E-state index contributed by atoms with van der Waals surface area (Å²) in [4.78, 5) is 14.1. The highest BCUT2D eigenvalue weighted by Crippen LogP contribution is 2.26. The Morgan fingerprint density at radius 1 is 0.759 bits per heavy atom. The number of hydrogen-bond acceptors (Lipinski definition) is 3. The van der Waals surface area contributed by atoms with Crippen LogP contribution < -0.4 is 0 Å². The lowest BCUT2D eigenvalue weighted by molar-refractivity contribution is 0.0659. The van der Waals surface area contributed by atoms with Crippen molar-refractivity contribution in [2.24, 2.45) is 0 Å². The van der Waals surface area contributed by atoms with Gasteiger partial charge in [0, 0.05) is 18.7 Å². The van der Waals surface area contributed by atoms with Crippen molar-refractivity contribution in [2.45, 2.75) is 10.1 Å². The van der Waals surface area contributed by atoms with Gasteiger partial charge >= 0.3 is 0 Å². The smallest absolute Gasteiger partial charge is 0.253 e. The van der Waals surface area contributed by atoms with Crippen LogP contribution in [0.4, 0.5) is 8.78 Å². The van der Waals surface area contributed by atoms with Crippen molar-refractivity contribution in [3.8, 4) is 11.1 Å². The van der Waals surface area contributed by atoms with Crippen LogP contribution in [-0.2, 0) is 9.84 Å². The fraction of sp³-hybridized carbons (Fsp3) is 0.136. The Morgan fingerprint density at radius 3 is 1.72 bits per heavy atom. The van der Waals surface area contributed by atoms with Gasteiger partial charge in [0.1, 0.15) is 16.9 Å². The van der Waals surface area contributed by atoms with Gasteiger partial charge in [-0.05, 0) is 59.7 Å². The summed E-state index contributed by atoms with van der Waals surface area (Å²) in [6.07, 6.45) is 0. The largest absolute Gasteiger partial charge is 0.336 e. The number of halogens is 2. The lowest BCUT2D eigenvalue weighted by Crippen LogP contribution is -2.56. The second-order valence-electron chi connectivity index (χ2n) is 6.92. The number of likely N-dealkylation sites (tertiary alicyclic amines) is 1. The molecule has 0 saturated carbocycles. The molecule has 0 radical (unpaired) electrons. The number of benzene rings is 3. The Morgan fingerprint density at radius 2 is 1.21 bits per heavy atom. The first-order valence-electron chi connectivity index (χ1n) is 8.99. The number of nitrogens with zero attached hydrogens (tertiary/aromatic N) is 1. The normalized spacial score (nSPS) is 14.5. The molecule has 0 bridgehead atoms. The van der Waals surface area contributed by atoms with Gasteiger partial charge in [-0.15, -0.1) is 0 Å². The zero-order valence-electron chi connectivity index (χ0n) is 15.3. The van der Waals surface area contributed by atoms with Crippen LogP contribution in [0.25, 0.3) is 11.1 Å². The SMILES string of the molecule is O=C(c1ccc(-c2ccc(F)cc2)cc1)N1CC(S(=O)(=O)c2ccc(F)cc2)C1. The molecule has 29 heavy (non-hydrogen) atoms. The summed E-state index contributed by atoms with van der Waals surface area (Å²) in [5.41, 5.74) is 2.13. The maximum Gasteiger partial charge on any atom is 0.253 e. The van der Waals surface area contributed by atoms with E-state index in [1.807, 2.05) is 0 Å². The Kier molecular flexibility index (Phi) is 4.92. The third kappa shape index (κ3) is 3.78. The van der Waals surface area contributed by atoms with Crippen molar-refractivity contribution in [3.63, 3.8) is 0 Å². The van der Waals surface area contributed by atoms with E-state index in [1.165, 1.54) is 29.2 Å². The van der Waals surface area contributed by atoms with Crippen LogP contribution in [0.15, 0.2) is 77.7 Å². The van der Waals surface area contributed by atoms with Crippen LogP contribution in [0.3, 0.4) is 0 Å². The predicted octanol–water partition coefficient (Wildman–Crippen LogP) is 3.93. The Bertz CT molecular complexity index is 1140. The monoisotopic (exact) mass is 413 g/mol. The average Bonchev–Trinajstić information content (AvgIpc) is 2.67. The molecule has 0 spiro atoms. The Labute approximate surface area is 167 Å². The lowest BCUT2D eigenvalue weighted by Gasteiger charge is -2.38. The number of carbonyl (C=O) groups excluding carboxylic acids is 1. The fourth-order valence-electron chi connectivity index (χ4n) is 3.25. The van der Waals surface area contributed by atoms with Gasteiger partial charge in [-0.3, -0.25) is 4.79 Å². The van der Waals surface area contributed by atoms with E-state index >= 15 is 0 Å². The van der Waals surface area contributed by atoms with Crippen molar-refractivity contribution in [2.75, 3.05) is 13.1 Å². The molecule has 1 amide bonds. The highest BCUT2D eigenvalue weighted by atomic mass is 32.2. The quantitative estimate of drug-likeness (QED) is 0.609. The molecule has 4 rings (SSSR count). The molecule has 3 aromatic carbocycles. The molecule has 7 heteroatoms. The molecule has 148 valence electrons. The molecular weight excluding hydrogens is 396 g/mol. The topological polar surface area (TPSA) is 54.5 Å². The van der Waals surface area contributed by atoms with Crippen LogP contribution in [0, 0.1) is 11.6 Å². The number of carbonyl (C=O) groups is 1. The molecule has 0 aliphatic carbocycles. The van der Waals surface area contributed by atoms with Gasteiger partial charge in [0.2, 0.25) is 0 Å². The molecule has 1 fully saturated rings. The summed E-state index contributed by atoms with van der Waals surface area (Å²) in [7, 11) is -3.61. The van der Waals surface area contributed by atoms with E-state index in [0.717, 1.165) is 23.3 Å². The number of hydrogen-bond donors (Lipinski definition) is 0. The molecule has 0 aromatic heterocycles. The summed E-state index contributed by atoms with van der Waals surface area (Å²) in [6, 6.07) is 17.6. The zero-order valence-corrected chi connectivity index (χ0v) is 16.1.